The van der Waals surface area contributed by atoms with Crippen LogP contribution >= 0.6 is 11.3 Å². The maximum absolute atomic E-state index is 12.2. The Kier molecular flexibility index (Phi) is 4.75. The first kappa shape index (κ1) is 18.5. The van der Waals surface area contributed by atoms with Crippen LogP contribution in [0.5, 0.6) is 0 Å². The molecule has 1 amide bonds. The highest BCUT2D eigenvalue weighted by atomic mass is 32.1. The lowest BCUT2D eigenvalue weighted by Gasteiger charge is -2.34. The summed E-state index contributed by atoms with van der Waals surface area (Å²) in [5, 5.41) is 10.7. The minimum atomic E-state index is -0.248. The molecule has 10 heteroatoms. The number of oxazole rings is 1. The average Bonchev–Trinajstić information content (AvgIpc) is 3.43. The second-order valence-electron chi connectivity index (χ2n) is 7.04. The van der Waals surface area contributed by atoms with Gasteiger partial charge in [-0.2, -0.15) is 4.98 Å². The second kappa shape index (κ2) is 7.71. The molecule has 0 aliphatic carbocycles. The number of piperazine rings is 1. The molecule has 1 aliphatic heterocycles. The third-order valence-corrected chi connectivity index (χ3v) is 5.60. The fraction of sp³-hybridized carbons (Fsp3) is 0.250. The zero-order valence-corrected chi connectivity index (χ0v) is 17.1. The Morgan fingerprint density at radius 2 is 1.97 bits per heavy atom. The van der Waals surface area contributed by atoms with Crippen LogP contribution in [-0.4, -0.2) is 52.3 Å². The summed E-state index contributed by atoms with van der Waals surface area (Å²) in [7, 11) is 0. The number of hydrogen-bond donors (Lipinski definition) is 1. The van der Waals surface area contributed by atoms with Gasteiger partial charge in [-0.3, -0.25) is 10.1 Å². The number of pyridine rings is 1. The molecule has 9 nitrogen and oxygen atoms in total. The summed E-state index contributed by atoms with van der Waals surface area (Å²) in [6.07, 6.45) is 1.58. The van der Waals surface area contributed by atoms with Gasteiger partial charge in [-0.05, 0) is 36.8 Å². The molecule has 5 rings (SSSR count). The lowest BCUT2D eigenvalue weighted by Crippen LogP contribution is -2.47. The van der Waals surface area contributed by atoms with E-state index in [2.05, 4.69) is 35.3 Å². The predicted octanol–water partition coefficient (Wildman–Crippen LogP) is 2.96. The summed E-state index contributed by atoms with van der Waals surface area (Å²) in [5.41, 5.74) is 4.91. The molecule has 152 valence electrons. The van der Waals surface area contributed by atoms with E-state index in [-0.39, 0.29) is 5.91 Å². The van der Waals surface area contributed by atoms with Gasteiger partial charge >= 0.3 is 0 Å². The summed E-state index contributed by atoms with van der Waals surface area (Å²) >= 11 is 1.27. The summed E-state index contributed by atoms with van der Waals surface area (Å²) in [6, 6.07) is 10.3. The molecule has 0 radical (unpaired) electrons. The van der Waals surface area contributed by atoms with Crippen molar-refractivity contribution >= 4 is 45.3 Å². The Morgan fingerprint density at radius 3 is 2.70 bits per heavy atom. The molecule has 1 saturated heterocycles. The summed E-state index contributed by atoms with van der Waals surface area (Å²) in [4.78, 5) is 25.7. The zero-order valence-electron chi connectivity index (χ0n) is 16.3. The van der Waals surface area contributed by atoms with E-state index in [1.165, 1.54) is 16.9 Å². The highest BCUT2D eigenvalue weighted by molar-refractivity contribution is 7.13. The number of nitrogens with one attached hydrogen (secondary N) is 1. The molecule has 0 atom stereocenters. The molecule has 0 spiro atoms. The molecule has 1 N–H and O–H groups in total. The van der Waals surface area contributed by atoms with Gasteiger partial charge in [0.2, 0.25) is 5.13 Å². The fourth-order valence-electron chi connectivity index (χ4n) is 3.39. The van der Waals surface area contributed by atoms with Crippen LogP contribution in [0.4, 0.5) is 17.0 Å². The largest absolute Gasteiger partial charge is 0.423 e. The molecule has 4 heterocycles. The van der Waals surface area contributed by atoms with E-state index in [0.717, 1.165) is 43.1 Å². The Hall–Kier alpha value is -3.53. The monoisotopic (exact) mass is 421 g/mol. The number of hydrogen-bond acceptors (Lipinski definition) is 9. The molecule has 0 unspecified atom stereocenters. The van der Waals surface area contributed by atoms with Crippen molar-refractivity contribution in [3.05, 3.63) is 53.2 Å². The number of rotatable bonds is 4. The maximum atomic E-state index is 12.2. The lowest BCUT2D eigenvalue weighted by atomic mass is 10.2. The van der Waals surface area contributed by atoms with Gasteiger partial charge in [0.25, 0.3) is 11.9 Å². The Balaban J connectivity index is 1.22. The van der Waals surface area contributed by atoms with Crippen molar-refractivity contribution in [2.45, 2.75) is 6.92 Å². The molecule has 4 aromatic rings. The van der Waals surface area contributed by atoms with Crippen LogP contribution in [0.2, 0.25) is 0 Å². The third-order valence-electron chi connectivity index (χ3n) is 5.00. The number of carbonyl (C=O) groups is 1. The number of aryl methyl sites for hydroxylation is 1. The molecule has 1 aliphatic rings. The van der Waals surface area contributed by atoms with Crippen LogP contribution in [0.25, 0.3) is 11.1 Å². The van der Waals surface area contributed by atoms with Gasteiger partial charge in [0, 0.05) is 32.4 Å². The highest BCUT2D eigenvalue weighted by Crippen LogP contribution is 2.24. The third kappa shape index (κ3) is 3.69. The van der Waals surface area contributed by atoms with Crippen LogP contribution in [-0.2, 0) is 0 Å². The number of anilines is 3. The number of carbonyl (C=O) groups excluding carboxylic acids is 1. The molecule has 0 bridgehead atoms. The predicted molar refractivity (Wildman–Crippen MR) is 115 cm³/mol. The van der Waals surface area contributed by atoms with E-state index in [1.807, 2.05) is 31.2 Å². The van der Waals surface area contributed by atoms with Crippen LogP contribution < -0.4 is 15.1 Å². The van der Waals surface area contributed by atoms with Gasteiger partial charge in [-0.1, -0.05) is 17.4 Å². The summed E-state index contributed by atoms with van der Waals surface area (Å²) in [5.74, 6) is 0.595. The fourth-order valence-corrected chi connectivity index (χ4v) is 3.83. The lowest BCUT2D eigenvalue weighted by molar-refractivity contribution is 0.102. The van der Waals surface area contributed by atoms with E-state index in [1.54, 1.807) is 17.8 Å². The molecule has 1 aromatic carbocycles. The average molecular weight is 421 g/mol. The summed E-state index contributed by atoms with van der Waals surface area (Å²) < 4.78 is 5.92. The van der Waals surface area contributed by atoms with E-state index in [0.29, 0.717) is 16.7 Å². The molecule has 0 saturated carbocycles. The smallest absolute Gasteiger partial charge is 0.298 e. The first-order valence-electron chi connectivity index (χ1n) is 9.56. The maximum Gasteiger partial charge on any atom is 0.298 e. The SMILES string of the molecule is Cc1ccc2oc(N3CCN(c4ccc(C(=O)Nc5nncs5)cn4)CC3)nc2c1. The van der Waals surface area contributed by atoms with Gasteiger partial charge in [0.1, 0.15) is 16.8 Å². The first-order chi connectivity index (χ1) is 14.7. The number of amides is 1. The molecular weight excluding hydrogens is 402 g/mol. The van der Waals surface area contributed by atoms with Gasteiger partial charge in [0.05, 0.1) is 5.56 Å². The van der Waals surface area contributed by atoms with E-state index in [4.69, 9.17) is 4.42 Å². The number of nitrogens with zero attached hydrogens (tertiary/aromatic N) is 6. The zero-order chi connectivity index (χ0) is 20.5. The van der Waals surface area contributed by atoms with Crippen molar-refractivity contribution in [1.29, 1.82) is 0 Å². The number of aromatic nitrogens is 4. The Bertz CT molecular complexity index is 1170. The standard InChI is InChI=1S/C20H19N7O2S/c1-13-2-4-16-15(10-13)23-20(29-16)27-8-6-26(7-9-27)17-5-3-14(11-21-17)18(28)24-19-25-22-12-30-19/h2-5,10-12H,6-9H2,1H3,(H,24,25,28). The first-order valence-corrected chi connectivity index (χ1v) is 10.4. The van der Waals surface area contributed by atoms with Gasteiger partial charge in [-0.15, -0.1) is 10.2 Å². The van der Waals surface area contributed by atoms with Gasteiger partial charge in [-0.25, -0.2) is 4.98 Å². The quantitative estimate of drug-likeness (QED) is 0.537. The summed E-state index contributed by atoms with van der Waals surface area (Å²) in [6.45, 7) is 5.20. The van der Waals surface area contributed by atoms with E-state index >= 15 is 0 Å². The molecule has 3 aromatic heterocycles. The van der Waals surface area contributed by atoms with Crippen LogP contribution in [0.3, 0.4) is 0 Å². The van der Waals surface area contributed by atoms with Crippen LogP contribution in [0, 0.1) is 6.92 Å². The van der Waals surface area contributed by atoms with E-state index < -0.39 is 0 Å². The number of benzene rings is 1. The number of fused-ring (bicyclic) bond motifs is 1. The van der Waals surface area contributed by atoms with E-state index in [9.17, 15) is 4.79 Å². The minimum Gasteiger partial charge on any atom is -0.423 e. The molecular formula is C20H19N7O2S. The highest BCUT2D eigenvalue weighted by Gasteiger charge is 2.22. The minimum absolute atomic E-state index is 0.248. The van der Waals surface area contributed by atoms with Crippen LogP contribution in [0.15, 0.2) is 46.5 Å². The van der Waals surface area contributed by atoms with Crippen molar-refractivity contribution in [1.82, 2.24) is 20.2 Å². The molecule has 30 heavy (non-hydrogen) atoms. The van der Waals surface area contributed by atoms with Crippen molar-refractivity contribution in [3.8, 4) is 0 Å². The topological polar surface area (TPSA) is 100 Å². The van der Waals surface area contributed by atoms with Crippen LogP contribution in [0.1, 0.15) is 15.9 Å². The van der Waals surface area contributed by atoms with Crippen molar-refractivity contribution in [2.75, 3.05) is 41.3 Å². The normalized spacial score (nSPS) is 14.3. The van der Waals surface area contributed by atoms with Crippen molar-refractivity contribution in [2.24, 2.45) is 0 Å². The second-order valence-corrected chi connectivity index (χ2v) is 7.88. The Morgan fingerprint density at radius 1 is 1.13 bits per heavy atom. The van der Waals surface area contributed by atoms with Gasteiger partial charge in [0.15, 0.2) is 5.58 Å². The molecule has 1 fully saturated rings. The van der Waals surface area contributed by atoms with Crippen molar-refractivity contribution < 1.29 is 9.21 Å². The Labute approximate surface area is 176 Å². The van der Waals surface area contributed by atoms with Gasteiger partial charge < -0.3 is 14.2 Å². The van der Waals surface area contributed by atoms with Crippen molar-refractivity contribution in [3.63, 3.8) is 0 Å².